The maximum absolute atomic E-state index is 7.33. The van der Waals surface area contributed by atoms with Crippen LogP contribution in [0, 0.1) is 0 Å². The van der Waals surface area contributed by atoms with E-state index in [1.165, 1.54) is 0 Å². The Morgan fingerprint density at radius 1 is 1.00 bits per heavy atom. The van der Waals surface area contributed by atoms with Crippen molar-refractivity contribution in [2.24, 2.45) is 0 Å². The van der Waals surface area contributed by atoms with Gasteiger partial charge in [-0.15, -0.1) is 0 Å². The van der Waals surface area contributed by atoms with Gasteiger partial charge in [0.25, 0.3) is 0 Å². The molecule has 0 amide bonds. The fourth-order valence-electron chi connectivity index (χ4n) is 0. The third-order valence-electron chi connectivity index (χ3n) is 0. The molecule has 0 aliphatic carbocycles. The van der Waals surface area contributed by atoms with Crippen LogP contribution in [0.5, 0.6) is 0 Å². The first-order valence-corrected chi connectivity index (χ1v) is 2.68. The molecule has 53 valence electrons. The summed E-state index contributed by atoms with van der Waals surface area (Å²) in [4.78, 5) is 29.3. The summed E-state index contributed by atoms with van der Waals surface area (Å²) >= 11 is 0. The van der Waals surface area contributed by atoms with Crippen molar-refractivity contribution in [3.05, 3.63) is 0 Å². The molecule has 9 heavy (non-hydrogen) atoms. The summed E-state index contributed by atoms with van der Waals surface area (Å²) in [5.74, 6) is 0. The van der Waals surface area contributed by atoms with Crippen LogP contribution in [0.1, 0.15) is 2.85 Å². The molecule has 0 aliphatic rings. The summed E-state index contributed by atoms with van der Waals surface area (Å²) in [6, 6.07) is 0. The van der Waals surface area contributed by atoms with Gasteiger partial charge in [-0.1, -0.05) is 0 Å². The van der Waals surface area contributed by atoms with Crippen molar-refractivity contribution < 1.29 is 44.4 Å². The van der Waals surface area contributed by atoms with E-state index in [-0.39, 0.29) is 108 Å². The van der Waals surface area contributed by atoms with Gasteiger partial charge in [0.15, 0.2) is 17.4 Å². The van der Waals surface area contributed by atoms with Crippen molar-refractivity contribution in [2.45, 2.75) is 0 Å². The first-order chi connectivity index (χ1) is 2.00. The largest absolute Gasteiger partial charge is 2.00 e. The van der Waals surface area contributed by atoms with Gasteiger partial charge in [-0.3, -0.25) is 0 Å². The summed E-state index contributed by atoms with van der Waals surface area (Å²) in [5, 5.41) is 0. The number of hydrogen-bond acceptors (Lipinski definition) is 4. The minimum absolute atomic E-state index is 0. The molecule has 1 radical (unpaired) electrons. The Bertz CT molecular complexity index is 43.6. The van der Waals surface area contributed by atoms with Gasteiger partial charge in [0.05, 0.1) is 0 Å². The van der Waals surface area contributed by atoms with Crippen LogP contribution >= 0.6 is 0 Å². The Morgan fingerprint density at radius 2 is 1.00 bits per heavy atom. The summed E-state index contributed by atoms with van der Waals surface area (Å²) in [5.41, 5.74) is 0. The first kappa shape index (κ1) is 29.4. The van der Waals surface area contributed by atoms with E-state index >= 15 is 0 Å². The van der Waals surface area contributed by atoms with Crippen LogP contribution in [-0.2, 0) is 22.4 Å². The van der Waals surface area contributed by atoms with Gasteiger partial charge < -0.3 is 22.0 Å². The summed E-state index contributed by atoms with van der Waals surface area (Å²) in [6.07, 6.45) is 0. The quantitative estimate of drug-likeness (QED) is 0.268. The second-order valence-corrected chi connectivity index (χ2v) is 1.80. The van der Waals surface area contributed by atoms with Crippen LogP contribution in [-0.4, -0.2) is 111 Å². The van der Waals surface area contributed by atoms with E-state index in [1.807, 2.05) is 0 Å². The smallest absolute Gasteiger partial charge is 1.00 e. The standard InChI is InChI=1S/Al.Ga.H4O4Si.Sr.Ta.8H/c;;1-5(2,3)4;;;;;;;;;;/h;;1-4H;;;;;;;;;;/q;;;+2;;;;;;;;2*-1. The summed E-state index contributed by atoms with van der Waals surface area (Å²) < 4.78 is 0. The van der Waals surface area contributed by atoms with Gasteiger partial charge in [0, 0.05) is 22.4 Å². The zero-order chi connectivity index (χ0) is 4.50. The van der Waals surface area contributed by atoms with Crippen molar-refractivity contribution in [2.75, 3.05) is 0 Å². The molecule has 0 unspecified atom stereocenters. The van der Waals surface area contributed by atoms with Gasteiger partial charge in [-0.25, -0.2) is 0 Å². The third-order valence-corrected chi connectivity index (χ3v) is 0. The number of hydrogen-bond donors (Lipinski definition) is 4. The van der Waals surface area contributed by atoms with Crippen molar-refractivity contribution in [1.82, 2.24) is 0 Å². The molecule has 4 N–H and O–H groups in total. The molecule has 4 nitrogen and oxygen atoms in total. The van der Waals surface area contributed by atoms with Gasteiger partial charge in [-0.05, 0) is 0 Å². The molecule has 0 spiro atoms. The molecule has 0 atom stereocenters. The van der Waals surface area contributed by atoms with E-state index in [4.69, 9.17) is 19.2 Å². The minimum atomic E-state index is -4.61. The maximum atomic E-state index is 7.33. The predicted octanol–water partition coefficient (Wildman–Crippen LogP) is -5.13. The average molecular weight is 469 g/mol. The van der Waals surface area contributed by atoms with E-state index in [9.17, 15) is 0 Å². The molecule has 0 aliphatic heterocycles. The fourth-order valence-corrected chi connectivity index (χ4v) is 0. The molecule has 0 bridgehead atoms. The normalized spacial score (nSPS) is 6.67. The van der Waals surface area contributed by atoms with Crippen LogP contribution in [0.4, 0.5) is 0 Å². The van der Waals surface area contributed by atoms with E-state index in [0.29, 0.717) is 0 Å². The van der Waals surface area contributed by atoms with Gasteiger partial charge >= 0.3 is 74.3 Å². The molecule has 0 aromatic heterocycles. The van der Waals surface area contributed by atoms with E-state index in [1.54, 1.807) is 0 Å². The van der Waals surface area contributed by atoms with Gasteiger partial charge in [-0.2, -0.15) is 0 Å². The van der Waals surface area contributed by atoms with Crippen LogP contribution in [0.2, 0.25) is 0 Å². The molecule has 0 aromatic rings. The molecular formula is H12AlGaO4SiSrTa. The van der Waals surface area contributed by atoms with Crippen LogP contribution < -0.4 is 0 Å². The molecular weight excluding hydrogens is 457 g/mol. The topological polar surface area (TPSA) is 80.9 Å². The molecule has 9 heteroatoms. The van der Waals surface area contributed by atoms with Crippen molar-refractivity contribution >= 4 is 91.7 Å². The van der Waals surface area contributed by atoms with E-state index in [2.05, 4.69) is 0 Å². The van der Waals surface area contributed by atoms with Crippen LogP contribution in [0.25, 0.3) is 0 Å². The van der Waals surface area contributed by atoms with Crippen molar-refractivity contribution in [1.29, 1.82) is 0 Å². The Hall–Kier alpha value is 3.45. The SMILES string of the molecule is O[Si](O)(O)O.[AlH3].[GaH3].[H-].[H-].[Sr+2].[Ta]. The Kier molecular flexibility index (Phi) is 45.7. The second-order valence-electron chi connectivity index (χ2n) is 0.600. The van der Waals surface area contributed by atoms with Gasteiger partial charge in [0.2, 0.25) is 0 Å². The summed E-state index contributed by atoms with van der Waals surface area (Å²) in [6.45, 7) is 0. The fraction of sp³-hybridized carbons (Fsp3) is 0. The zero-order valence-corrected chi connectivity index (χ0v) is 11.1. The predicted molar refractivity (Wildman–Crippen MR) is 42.5 cm³/mol. The first-order valence-electron chi connectivity index (χ1n) is 0.894. The second kappa shape index (κ2) is 14.0. The van der Waals surface area contributed by atoms with E-state index in [0.717, 1.165) is 0 Å². The molecule has 0 heterocycles. The number of rotatable bonds is 0. The summed E-state index contributed by atoms with van der Waals surface area (Å²) in [7, 11) is -4.61. The Labute approximate surface area is 133 Å². The van der Waals surface area contributed by atoms with Crippen LogP contribution in [0.15, 0.2) is 0 Å². The Morgan fingerprint density at radius 3 is 1.00 bits per heavy atom. The van der Waals surface area contributed by atoms with Crippen molar-refractivity contribution in [3.8, 4) is 0 Å². The van der Waals surface area contributed by atoms with E-state index < -0.39 is 9.05 Å². The molecule has 0 fully saturated rings. The third kappa shape index (κ3) is 86.0. The Balaban J connectivity index is -0.00000000533. The molecule has 0 saturated carbocycles. The minimum Gasteiger partial charge on any atom is -1.00 e. The molecule has 0 aromatic carbocycles. The van der Waals surface area contributed by atoms with Crippen molar-refractivity contribution in [3.63, 3.8) is 0 Å². The zero-order valence-electron chi connectivity index (χ0n) is 5.44. The molecule has 0 rings (SSSR count). The maximum Gasteiger partial charge on any atom is 2.00 e. The van der Waals surface area contributed by atoms with Crippen LogP contribution in [0.3, 0.4) is 0 Å². The average Bonchev–Trinajstić information content (AvgIpc) is 0.722. The van der Waals surface area contributed by atoms with Gasteiger partial charge in [0.1, 0.15) is 0 Å². The monoisotopic (exact) mass is 469 g/mol. The molecule has 0 saturated heterocycles.